The van der Waals surface area contributed by atoms with Gasteiger partial charge in [-0.2, -0.15) is 0 Å². The van der Waals surface area contributed by atoms with E-state index in [2.05, 4.69) is 10.3 Å². The second-order valence-corrected chi connectivity index (χ2v) is 5.90. The molecule has 0 aliphatic heterocycles. The van der Waals surface area contributed by atoms with Gasteiger partial charge in [0.1, 0.15) is 5.82 Å². The van der Waals surface area contributed by atoms with Gasteiger partial charge in [0, 0.05) is 27.2 Å². The van der Waals surface area contributed by atoms with Crippen molar-refractivity contribution >= 4 is 11.9 Å². The fourth-order valence-electron chi connectivity index (χ4n) is 2.57. The summed E-state index contributed by atoms with van der Waals surface area (Å²) in [6, 6.07) is 13.8. The number of ether oxygens (including phenoxy) is 1. The molecule has 2 aromatic carbocycles. The Morgan fingerprint density at radius 3 is 2.31 bits per heavy atom. The number of hydrogen-bond acceptors (Lipinski definition) is 3. The van der Waals surface area contributed by atoms with Crippen LogP contribution in [0.25, 0.3) is 0 Å². The van der Waals surface area contributed by atoms with Crippen molar-refractivity contribution in [2.75, 3.05) is 27.7 Å². The average molecular weight is 357 g/mol. The van der Waals surface area contributed by atoms with E-state index in [0.29, 0.717) is 18.7 Å². The standard InChI is InChI=1S/C20H24FN3O2/c1-22-20(24(2)14-16-6-10-18(21)11-7-16)23-13-12-15-4-8-17(9-5-15)19(25)26-3/h4-11H,12-14H2,1-3H3,(H,22,23). The first-order valence-electron chi connectivity index (χ1n) is 8.37. The number of halogens is 1. The Kier molecular flexibility index (Phi) is 7.14. The third-order valence-electron chi connectivity index (χ3n) is 3.98. The van der Waals surface area contributed by atoms with Gasteiger partial charge in [-0.05, 0) is 41.8 Å². The Labute approximate surface area is 153 Å². The summed E-state index contributed by atoms with van der Waals surface area (Å²) in [6.45, 7) is 1.34. The number of guanidine groups is 1. The molecule has 0 unspecified atom stereocenters. The van der Waals surface area contributed by atoms with Crippen LogP contribution in [0, 0.1) is 5.82 Å². The van der Waals surface area contributed by atoms with Crippen LogP contribution in [-0.2, 0) is 17.7 Å². The third kappa shape index (κ3) is 5.58. The van der Waals surface area contributed by atoms with Crippen molar-refractivity contribution in [1.29, 1.82) is 0 Å². The fourth-order valence-corrected chi connectivity index (χ4v) is 2.57. The Morgan fingerprint density at radius 2 is 1.73 bits per heavy atom. The second-order valence-electron chi connectivity index (χ2n) is 5.90. The molecule has 0 aromatic heterocycles. The van der Waals surface area contributed by atoms with E-state index < -0.39 is 0 Å². The van der Waals surface area contributed by atoms with E-state index in [1.165, 1.54) is 19.2 Å². The van der Waals surface area contributed by atoms with Crippen LogP contribution in [-0.4, -0.2) is 44.6 Å². The van der Waals surface area contributed by atoms with Crippen LogP contribution in [0.2, 0.25) is 0 Å². The lowest BCUT2D eigenvalue weighted by Gasteiger charge is -2.22. The van der Waals surface area contributed by atoms with Crippen molar-refractivity contribution in [3.8, 4) is 0 Å². The van der Waals surface area contributed by atoms with Gasteiger partial charge in [-0.3, -0.25) is 4.99 Å². The molecule has 0 heterocycles. The van der Waals surface area contributed by atoms with Gasteiger partial charge in [-0.1, -0.05) is 24.3 Å². The summed E-state index contributed by atoms with van der Waals surface area (Å²) in [5, 5.41) is 3.31. The zero-order chi connectivity index (χ0) is 18.9. The van der Waals surface area contributed by atoms with Gasteiger partial charge in [-0.15, -0.1) is 0 Å². The maximum Gasteiger partial charge on any atom is 0.337 e. The summed E-state index contributed by atoms with van der Waals surface area (Å²) in [7, 11) is 5.03. The number of rotatable bonds is 6. The quantitative estimate of drug-likeness (QED) is 0.491. The Hall–Kier alpha value is -2.89. The zero-order valence-corrected chi connectivity index (χ0v) is 15.3. The Morgan fingerprint density at radius 1 is 1.12 bits per heavy atom. The van der Waals surface area contributed by atoms with Gasteiger partial charge in [-0.25, -0.2) is 9.18 Å². The number of nitrogens with one attached hydrogen (secondary N) is 1. The van der Waals surface area contributed by atoms with Gasteiger partial charge >= 0.3 is 5.97 Å². The summed E-state index contributed by atoms with van der Waals surface area (Å²) in [5.41, 5.74) is 2.66. The molecule has 0 radical (unpaired) electrons. The predicted octanol–water partition coefficient (Wildman–Crippen LogP) is 2.86. The Bertz CT molecular complexity index is 743. The van der Waals surface area contributed by atoms with Gasteiger partial charge in [0.25, 0.3) is 0 Å². The highest BCUT2D eigenvalue weighted by Gasteiger charge is 2.07. The van der Waals surface area contributed by atoms with Crippen molar-refractivity contribution in [2.24, 2.45) is 4.99 Å². The maximum absolute atomic E-state index is 13.0. The lowest BCUT2D eigenvalue weighted by molar-refractivity contribution is 0.0600. The topological polar surface area (TPSA) is 53.9 Å². The molecule has 0 amide bonds. The molecule has 0 saturated heterocycles. The lowest BCUT2D eigenvalue weighted by Crippen LogP contribution is -2.39. The summed E-state index contributed by atoms with van der Waals surface area (Å²) in [5.74, 6) is 0.190. The third-order valence-corrected chi connectivity index (χ3v) is 3.98. The smallest absolute Gasteiger partial charge is 0.337 e. The summed E-state index contributed by atoms with van der Waals surface area (Å²) in [4.78, 5) is 17.7. The van der Waals surface area contributed by atoms with Gasteiger partial charge in [0.15, 0.2) is 5.96 Å². The predicted molar refractivity (Wildman–Crippen MR) is 101 cm³/mol. The van der Waals surface area contributed by atoms with Crippen LogP contribution in [0.5, 0.6) is 0 Å². The largest absolute Gasteiger partial charge is 0.465 e. The van der Waals surface area contributed by atoms with Crippen molar-refractivity contribution in [1.82, 2.24) is 10.2 Å². The van der Waals surface area contributed by atoms with E-state index in [4.69, 9.17) is 4.74 Å². The van der Waals surface area contributed by atoms with Gasteiger partial charge in [0.05, 0.1) is 12.7 Å². The zero-order valence-electron chi connectivity index (χ0n) is 15.3. The molecule has 138 valence electrons. The van der Waals surface area contributed by atoms with E-state index in [9.17, 15) is 9.18 Å². The molecule has 0 aliphatic carbocycles. The highest BCUT2D eigenvalue weighted by Crippen LogP contribution is 2.07. The number of benzene rings is 2. The minimum atomic E-state index is -0.336. The molecule has 0 aliphatic rings. The molecule has 26 heavy (non-hydrogen) atoms. The molecule has 2 rings (SSSR count). The molecule has 1 N–H and O–H groups in total. The molecule has 0 fully saturated rings. The second kappa shape index (κ2) is 9.56. The summed E-state index contributed by atoms with van der Waals surface area (Å²) >= 11 is 0. The molecule has 0 spiro atoms. The molecular weight excluding hydrogens is 333 g/mol. The van der Waals surface area contributed by atoms with E-state index in [1.807, 2.05) is 24.1 Å². The first-order chi connectivity index (χ1) is 12.5. The molecular formula is C20H24FN3O2. The molecule has 6 heteroatoms. The maximum atomic E-state index is 13.0. The van der Waals surface area contributed by atoms with Crippen molar-refractivity contribution in [3.05, 3.63) is 71.0 Å². The van der Waals surface area contributed by atoms with E-state index in [1.54, 1.807) is 31.3 Å². The van der Waals surface area contributed by atoms with Crippen LogP contribution >= 0.6 is 0 Å². The molecule has 5 nitrogen and oxygen atoms in total. The lowest BCUT2D eigenvalue weighted by atomic mass is 10.1. The fraction of sp³-hybridized carbons (Fsp3) is 0.300. The minimum absolute atomic E-state index is 0.239. The SMILES string of the molecule is CN=C(NCCc1ccc(C(=O)OC)cc1)N(C)Cc1ccc(F)cc1. The highest BCUT2D eigenvalue weighted by molar-refractivity contribution is 5.89. The molecule has 2 aromatic rings. The van der Waals surface area contributed by atoms with Gasteiger partial charge in [0.2, 0.25) is 0 Å². The number of methoxy groups -OCH3 is 1. The van der Waals surface area contributed by atoms with Crippen LogP contribution < -0.4 is 5.32 Å². The summed E-state index contributed by atoms with van der Waals surface area (Å²) in [6.07, 6.45) is 0.796. The number of esters is 1. The average Bonchev–Trinajstić information content (AvgIpc) is 2.66. The van der Waals surface area contributed by atoms with Crippen molar-refractivity contribution in [2.45, 2.75) is 13.0 Å². The normalized spacial score (nSPS) is 11.2. The summed E-state index contributed by atoms with van der Waals surface area (Å²) < 4.78 is 17.7. The first-order valence-corrected chi connectivity index (χ1v) is 8.37. The van der Waals surface area contributed by atoms with Crippen molar-refractivity contribution < 1.29 is 13.9 Å². The molecule has 0 atom stereocenters. The van der Waals surface area contributed by atoms with E-state index >= 15 is 0 Å². The number of hydrogen-bond donors (Lipinski definition) is 1. The monoisotopic (exact) mass is 357 g/mol. The molecule has 0 saturated carbocycles. The Balaban J connectivity index is 1.84. The number of aliphatic imine (C=N–C) groups is 1. The van der Waals surface area contributed by atoms with Crippen LogP contribution in [0.15, 0.2) is 53.5 Å². The highest BCUT2D eigenvalue weighted by atomic mass is 19.1. The number of carbonyl (C=O) groups is 1. The van der Waals surface area contributed by atoms with Crippen LogP contribution in [0.3, 0.4) is 0 Å². The van der Waals surface area contributed by atoms with Crippen molar-refractivity contribution in [3.63, 3.8) is 0 Å². The number of nitrogens with zero attached hydrogens (tertiary/aromatic N) is 2. The van der Waals surface area contributed by atoms with Gasteiger partial charge < -0.3 is 15.0 Å². The number of carbonyl (C=O) groups excluding carboxylic acids is 1. The van der Waals surface area contributed by atoms with Crippen LogP contribution in [0.1, 0.15) is 21.5 Å². The van der Waals surface area contributed by atoms with E-state index in [0.717, 1.165) is 23.5 Å². The van der Waals surface area contributed by atoms with E-state index in [-0.39, 0.29) is 11.8 Å². The molecule has 0 bridgehead atoms. The minimum Gasteiger partial charge on any atom is -0.465 e. The first kappa shape index (κ1) is 19.4. The van der Waals surface area contributed by atoms with Crippen LogP contribution in [0.4, 0.5) is 4.39 Å².